The Morgan fingerprint density at radius 2 is 1.90 bits per heavy atom. The number of carbonyl (C=O) groups excluding carboxylic acids is 2. The zero-order chi connectivity index (χ0) is 20.4. The van der Waals surface area contributed by atoms with Crippen molar-refractivity contribution in [3.63, 3.8) is 0 Å². The number of H-pyrrole nitrogens is 1. The molecule has 6 heteroatoms. The first kappa shape index (κ1) is 18.7. The van der Waals surface area contributed by atoms with Gasteiger partial charge in [0, 0.05) is 61.8 Å². The topological polar surface area (TPSA) is 78.1 Å². The number of hydrogen-bond donors (Lipinski definition) is 2. The van der Waals surface area contributed by atoms with E-state index in [1.165, 1.54) is 4.90 Å². The van der Waals surface area contributed by atoms with Gasteiger partial charge in [-0.05, 0) is 29.8 Å². The van der Waals surface area contributed by atoms with Crippen LogP contribution in [0.4, 0.5) is 0 Å². The predicted molar refractivity (Wildman–Crippen MR) is 113 cm³/mol. The molecule has 0 saturated carbocycles. The molecule has 4 rings (SSSR count). The zero-order valence-electron chi connectivity index (χ0n) is 16.4. The van der Waals surface area contributed by atoms with Crippen LogP contribution in [-0.2, 0) is 11.2 Å². The molecule has 0 atom stereocenters. The molecule has 146 valence electrons. The van der Waals surface area contributed by atoms with Gasteiger partial charge in [0.1, 0.15) is 0 Å². The number of fused-ring (bicyclic) bond motifs is 1. The highest BCUT2D eigenvalue weighted by Gasteiger charge is 2.20. The van der Waals surface area contributed by atoms with Crippen LogP contribution < -0.4 is 5.32 Å². The lowest BCUT2D eigenvalue weighted by atomic mass is 10.0. The number of nitrogens with one attached hydrogen (secondary N) is 2. The highest BCUT2D eigenvalue weighted by atomic mass is 16.2. The predicted octanol–water partition coefficient (Wildman–Crippen LogP) is 3.13. The maximum absolute atomic E-state index is 12.0. The van der Waals surface area contributed by atoms with Crippen LogP contribution in [-0.4, -0.2) is 47.3 Å². The van der Waals surface area contributed by atoms with E-state index in [1.807, 2.05) is 42.5 Å². The second kappa shape index (κ2) is 7.75. The molecule has 0 spiro atoms. The molecular formula is C23H22N4O2. The smallest absolute Gasteiger partial charge is 0.253 e. The lowest BCUT2D eigenvalue weighted by molar-refractivity contribution is -0.123. The molecule has 0 unspecified atom stereocenters. The summed E-state index contributed by atoms with van der Waals surface area (Å²) in [6.07, 6.45) is 5.93. The number of aromatic amines is 1. The van der Waals surface area contributed by atoms with E-state index in [2.05, 4.69) is 15.3 Å². The summed E-state index contributed by atoms with van der Waals surface area (Å²) >= 11 is 0. The fourth-order valence-corrected chi connectivity index (χ4v) is 3.29. The van der Waals surface area contributed by atoms with Crippen molar-refractivity contribution in [2.75, 3.05) is 20.6 Å². The largest absolute Gasteiger partial charge is 0.358 e. The van der Waals surface area contributed by atoms with Crippen LogP contribution in [0.1, 0.15) is 21.6 Å². The Labute approximate surface area is 169 Å². The molecule has 2 aromatic heterocycles. The van der Waals surface area contributed by atoms with Crippen molar-refractivity contribution in [2.45, 2.75) is 6.42 Å². The monoisotopic (exact) mass is 386 g/mol. The Morgan fingerprint density at radius 3 is 2.62 bits per heavy atom. The van der Waals surface area contributed by atoms with Crippen molar-refractivity contribution < 1.29 is 9.59 Å². The maximum atomic E-state index is 12.0. The minimum atomic E-state index is -0.0502. The summed E-state index contributed by atoms with van der Waals surface area (Å²) in [5.41, 5.74) is 6.37. The van der Waals surface area contributed by atoms with Gasteiger partial charge in [-0.15, -0.1) is 0 Å². The molecular weight excluding hydrogens is 364 g/mol. The molecule has 0 aliphatic carbocycles. The number of rotatable bonds is 4. The zero-order valence-corrected chi connectivity index (χ0v) is 16.4. The van der Waals surface area contributed by atoms with E-state index in [4.69, 9.17) is 0 Å². The third kappa shape index (κ3) is 3.96. The number of nitrogens with zero attached hydrogens (tertiary/aromatic N) is 2. The van der Waals surface area contributed by atoms with Crippen LogP contribution in [0, 0.1) is 0 Å². The fraction of sp³-hybridized carbons (Fsp3) is 0.174. The number of carbonyl (C=O) groups is 2. The van der Waals surface area contributed by atoms with E-state index >= 15 is 0 Å². The van der Waals surface area contributed by atoms with Crippen LogP contribution in [0.3, 0.4) is 0 Å². The standard InChI is InChI=1S/C23H22N4O2/c1-27(2)22(28)8-5-15-3-6-16(7-4-15)20-13-17(9-11-24-20)21-14-18-19(26-21)10-12-25-23(18)29/h3-9,11,13-14,26H,10,12H2,1-2H3,(H,25,29)/b8-5+. The first-order valence-electron chi connectivity index (χ1n) is 9.47. The minimum absolute atomic E-state index is 0.0283. The summed E-state index contributed by atoms with van der Waals surface area (Å²) in [5.74, 6) is -0.0785. The van der Waals surface area contributed by atoms with Crippen molar-refractivity contribution in [3.8, 4) is 22.5 Å². The lowest BCUT2D eigenvalue weighted by Crippen LogP contribution is -2.31. The second-order valence-electron chi connectivity index (χ2n) is 7.20. The van der Waals surface area contributed by atoms with Crippen LogP contribution in [0.2, 0.25) is 0 Å². The van der Waals surface area contributed by atoms with Gasteiger partial charge in [0.25, 0.3) is 5.91 Å². The number of aromatic nitrogens is 2. The summed E-state index contributed by atoms with van der Waals surface area (Å²) < 4.78 is 0. The van der Waals surface area contributed by atoms with Crippen LogP contribution in [0.5, 0.6) is 0 Å². The molecule has 2 amide bonds. The average molecular weight is 386 g/mol. The van der Waals surface area contributed by atoms with Gasteiger partial charge in [-0.3, -0.25) is 14.6 Å². The molecule has 1 aromatic carbocycles. The normalized spacial score (nSPS) is 13.2. The highest BCUT2D eigenvalue weighted by Crippen LogP contribution is 2.27. The molecule has 3 aromatic rings. The number of benzene rings is 1. The quantitative estimate of drug-likeness (QED) is 0.676. The molecule has 3 heterocycles. The Bertz CT molecular complexity index is 1090. The van der Waals surface area contributed by atoms with Crippen molar-refractivity contribution in [3.05, 3.63) is 71.6 Å². The van der Waals surface area contributed by atoms with E-state index in [1.54, 1.807) is 32.4 Å². The Morgan fingerprint density at radius 1 is 1.10 bits per heavy atom. The third-order valence-corrected chi connectivity index (χ3v) is 4.94. The molecule has 1 aliphatic rings. The SMILES string of the molecule is CN(C)C(=O)/C=C/c1ccc(-c2cc(-c3cc4c([nH]3)CCNC4=O)ccn2)cc1. The van der Waals surface area contributed by atoms with E-state index in [0.29, 0.717) is 12.1 Å². The molecule has 0 bridgehead atoms. The molecule has 0 fully saturated rings. The van der Waals surface area contributed by atoms with Crippen molar-refractivity contribution in [1.29, 1.82) is 0 Å². The maximum Gasteiger partial charge on any atom is 0.253 e. The lowest BCUT2D eigenvalue weighted by Gasteiger charge is -2.10. The van der Waals surface area contributed by atoms with Gasteiger partial charge in [0.05, 0.1) is 11.3 Å². The van der Waals surface area contributed by atoms with Crippen LogP contribution in [0.15, 0.2) is 54.7 Å². The van der Waals surface area contributed by atoms with E-state index in [0.717, 1.165) is 40.2 Å². The summed E-state index contributed by atoms with van der Waals surface area (Å²) in [5, 5.41) is 2.87. The van der Waals surface area contributed by atoms with Gasteiger partial charge in [-0.2, -0.15) is 0 Å². The summed E-state index contributed by atoms with van der Waals surface area (Å²) in [7, 11) is 3.45. The summed E-state index contributed by atoms with van der Waals surface area (Å²) in [4.78, 5) is 33.1. The van der Waals surface area contributed by atoms with Gasteiger partial charge >= 0.3 is 0 Å². The van der Waals surface area contributed by atoms with E-state index in [-0.39, 0.29) is 11.8 Å². The highest BCUT2D eigenvalue weighted by molar-refractivity contribution is 5.97. The van der Waals surface area contributed by atoms with Gasteiger partial charge in [0.2, 0.25) is 5.91 Å². The van der Waals surface area contributed by atoms with E-state index in [9.17, 15) is 9.59 Å². The number of likely N-dealkylation sites (N-methyl/N-ethyl adjacent to an activating group) is 1. The van der Waals surface area contributed by atoms with Gasteiger partial charge in [-0.25, -0.2) is 0 Å². The van der Waals surface area contributed by atoms with Crippen molar-refractivity contribution >= 4 is 17.9 Å². The van der Waals surface area contributed by atoms with Crippen LogP contribution in [0.25, 0.3) is 28.6 Å². The average Bonchev–Trinajstić information content (AvgIpc) is 3.18. The Balaban J connectivity index is 1.58. The van der Waals surface area contributed by atoms with Crippen molar-refractivity contribution in [1.82, 2.24) is 20.2 Å². The minimum Gasteiger partial charge on any atom is -0.358 e. The van der Waals surface area contributed by atoms with Crippen LogP contribution >= 0.6 is 0 Å². The van der Waals surface area contributed by atoms with Gasteiger partial charge in [0.15, 0.2) is 0 Å². The fourth-order valence-electron chi connectivity index (χ4n) is 3.29. The molecule has 29 heavy (non-hydrogen) atoms. The first-order chi connectivity index (χ1) is 14.0. The number of amides is 2. The molecule has 2 N–H and O–H groups in total. The molecule has 0 radical (unpaired) electrons. The Hall–Kier alpha value is -3.67. The van der Waals surface area contributed by atoms with Gasteiger partial charge < -0.3 is 15.2 Å². The second-order valence-corrected chi connectivity index (χ2v) is 7.20. The van der Waals surface area contributed by atoms with Gasteiger partial charge in [-0.1, -0.05) is 24.3 Å². The van der Waals surface area contributed by atoms with Crippen molar-refractivity contribution in [2.24, 2.45) is 0 Å². The summed E-state index contributed by atoms with van der Waals surface area (Å²) in [6, 6.07) is 13.7. The molecule has 0 saturated heterocycles. The third-order valence-electron chi connectivity index (χ3n) is 4.94. The Kier molecular flexibility index (Phi) is 4.99. The molecule has 6 nitrogen and oxygen atoms in total. The summed E-state index contributed by atoms with van der Waals surface area (Å²) in [6.45, 7) is 0.661. The molecule has 1 aliphatic heterocycles. The number of hydrogen-bond acceptors (Lipinski definition) is 3. The first-order valence-corrected chi connectivity index (χ1v) is 9.47. The number of pyridine rings is 1. The van der Waals surface area contributed by atoms with E-state index < -0.39 is 0 Å².